The maximum Gasteiger partial charge on any atom is 0.240 e. The molecule has 0 bridgehead atoms. The molecule has 0 amide bonds. The number of hydrogen-bond donors (Lipinski definition) is 1. The summed E-state index contributed by atoms with van der Waals surface area (Å²) < 4.78 is 6.16. The monoisotopic (exact) mass is 264 g/mol. The Morgan fingerprint density at radius 1 is 1.26 bits per heavy atom. The number of hydrogen-bond acceptors (Lipinski definition) is 4. The van der Waals surface area contributed by atoms with Gasteiger partial charge in [-0.25, -0.2) is 4.90 Å². The van der Waals surface area contributed by atoms with Crippen molar-refractivity contribution < 1.29 is 9.53 Å². The van der Waals surface area contributed by atoms with Crippen LogP contribution in [-0.4, -0.2) is 29.6 Å². The fourth-order valence-corrected chi connectivity index (χ4v) is 2.76. The minimum Gasteiger partial charge on any atom is -0.456 e. The standard InChI is InChI=1S/C15H24N2O2/c1-4-9-17(10-5-2)15(6-3)16-13-8-7-12(18)11-14(13)19-15/h7-8,16H,4-6,9-11H2,1-3H3. The Kier molecular flexibility index (Phi) is 4.30. The third-order valence-electron chi connectivity index (χ3n) is 3.67. The summed E-state index contributed by atoms with van der Waals surface area (Å²) in [4.78, 5) is 13.8. The van der Waals surface area contributed by atoms with Crippen LogP contribution in [0.15, 0.2) is 23.6 Å². The molecule has 106 valence electrons. The first-order valence-corrected chi connectivity index (χ1v) is 7.31. The summed E-state index contributed by atoms with van der Waals surface area (Å²) in [5, 5.41) is 3.49. The van der Waals surface area contributed by atoms with E-state index in [1.54, 1.807) is 6.08 Å². The van der Waals surface area contributed by atoms with E-state index >= 15 is 0 Å². The summed E-state index contributed by atoms with van der Waals surface area (Å²) in [6.45, 7) is 8.46. The van der Waals surface area contributed by atoms with Crippen molar-refractivity contribution in [2.24, 2.45) is 0 Å². The van der Waals surface area contributed by atoms with Crippen LogP contribution in [0.5, 0.6) is 0 Å². The number of rotatable bonds is 6. The van der Waals surface area contributed by atoms with E-state index < -0.39 is 5.85 Å². The van der Waals surface area contributed by atoms with Crippen molar-refractivity contribution in [2.45, 2.75) is 52.3 Å². The predicted octanol–water partition coefficient (Wildman–Crippen LogP) is 2.53. The smallest absolute Gasteiger partial charge is 0.240 e. The molecular weight excluding hydrogens is 240 g/mol. The topological polar surface area (TPSA) is 41.6 Å². The van der Waals surface area contributed by atoms with E-state index in [2.05, 4.69) is 31.0 Å². The average Bonchev–Trinajstić information content (AvgIpc) is 2.77. The molecule has 0 saturated heterocycles. The fourth-order valence-electron chi connectivity index (χ4n) is 2.76. The molecule has 0 fully saturated rings. The van der Waals surface area contributed by atoms with Crippen molar-refractivity contribution in [3.63, 3.8) is 0 Å². The number of ketones is 1. The van der Waals surface area contributed by atoms with E-state index in [-0.39, 0.29) is 5.78 Å². The van der Waals surface area contributed by atoms with Gasteiger partial charge in [0.2, 0.25) is 5.85 Å². The van der Waals surface area contributed by atoms with Crippen molar-refractivity contribution in [3.05, 3.63) is 23.6 Å². The van der Waals surface area contributed by atoms with Crippen molar-refractivity contribution in [1.82, 2.24) is 10.2 Å². The maximum absolute atomic E-state index is 11.5. The van der Waals surface area contributed by atoms with Crippen molar-refractivity contribution in [2.75, 3.05) is 13.1 Å². The first-order valence-electron chi connectivity index (χ1n) is 7.31. The number of allylic oxidation sites excluding steroid dienone is 3. The molecule has 0 saturated carbocycles. The molecule has 4 heteroatoms. The van der Waals surface area contributed by atoms with Gasteiger partial charge in [-0.3, -0.25) is 4.79 Å². The molecule has 0 aromatic rings. The minimum atomic E-state index is -0.467. The molecule has 4 nitrogen and oxygen atoms in total. The van der Waals surface area contributed by atoms with Crippen LogP contribution in [0.4, 0.5) is 0 Å². The second kappa shape index (κ2) is 5.78. The Bertz CT molecular complexity index is 408. The first kappa shape index (κ1) is 14.1. The second-order valence-corrected chi connectivity index (χ2v) is 5.17. The Morgan fingerprint density at radius 2 is 1.95 bits per heavy atom. The van der Waals surface area contributed by atoms with Crippen LogP contribution in [0, 0.1) is 0 Å². The van der Waals surface area contributed by atoms with Gasteiger partial charge in [-0.05, 0) is 25.0 Å². The van der Waals surface area contributed by atoms with Gasteiger partial charge < -0.3 is 10.1 Å². The third-order valence-corrected chi connectivity index (χ3v) is 3.67. The van der Waals surface area contributed by atoms with Crippen LogP contribution < -0.4 is 5.32 Å². The normalized spacial score (nSPS) is 25.6. The Morgan fingerprint density at radius 3 is 2.53 bits per heavy atom. The van der Waals surface area contributed by atoms with Crippen LogP contribution in [0.2, 0.25) is 0 Å². The summed E-state index contributed by atoms with van der Waals surface area (Å²) in [6, 6.07) is 0. The summed E-state index contributed by atoms with van der Waals surface area (Å²) in [5.41, 5.74) is 0.971. The highest BCUT2D eigenvalue weighted by atomic mass is 16.5. The third kappa shape index (κ3) is 2.68. The lowest BCUT2D eigenvalue weighted by Crippen LogP contribution is -2.57. The van der Waals surface area contributed by atoms with Crippen LogP contribution >= 0.6 is 0 Å². The number of carbonyl (C=O) groups is 1. The SMILES string of the molecule is CCCN(CCC)C1(CC)NC2=C(CC(=O)C=C2)O1. The molecule has 1 aliphatic heterocycles. The van der Waals surface area contributed by atoms with Crippen LogP contribution in [0.1, 0.15) is 46.5 Å². The van der Waals surface area contributed by atoms with Crippen molar-refractivity contribution >= 4 is 5.78 Å². The predicted molar refractivity (Wildman–Crippen MR) is 75.2 cm³/mol. The fraction of sp³-hybridized carbons (Fsp3) is 0.667. The Hall–Kier alpha value is -1.29. The molecule has 0 aromatic heterocycles. The lowest BCUT2D eigenvalue weighted by molar-refractivity contribution is -0.134. The molecule has 1 heterocycles. The van der Waals surface area contributed by atoms with E-state index in [4.69, 9.17) is 4.74 Å². The van der Waals surface area contributed by atoms with Crippen LogP contribution in [0.3, 0.4) is 0 Å². The molecule has 19 heavy (non-hydrogen) atoms. The van der Waals surface area contributed by atoms with E-state index in [1.165, 1.54) is 0 Å². The zero-order valence-electron chi connectivity index (χ0n) is 12.2. The molecule has 0 spiro atoms. The molecule has 1 atom stereocenters. The van der Waals surface area contributed by atoms with Gasteiger partial charge in [0.05, 0.1) is 12.1 Å². The van der Waals surface area contributed by atoms with E-state index in [9.17, 15) is 4.79 Å². The Labute approximate surface area is 115 Å². The molecule has 0 radical (unpaired) electrons. The maximum atomic E-state index is 11.5. The number of ether oxygens (including phenoxy) is 1. The lowest BCUT2D eigenvalue weighted by atomic mass is 10.1. The minimum absolute atomic E-state index is 0.116. The van der Waals surface area contributed by atoms with Gasteiger partial charge in [-0.15, -0.1) is 0 Å². The summed E-state index contributed by atoms with van der Waals surface area (Å²) >= 11 is 0. The lowest BCUT2D eigenvalue weighted by Gasteiger charge is -2.40. The Balaban J connectivity index is 2.17. The molecule has 1 N–H and O–H groups in total. The van der Waals surface area contributed by atoms with Crippen molar-refractivity contribution in [1.29, 1.82) is 0 Å². The average molecular weight is 264 g/mol. The van der Waals surface area contributed by atoms with Gasteiger partial charge in [-0.2, -0.15) is 0 Å². The zero-order valence-corrected chi connectivity index (χ0v) is 12.2. The van der Waals surface area contributed by atoms with Gasteiger partial charge in [0.1, 0.15) is 5.76 Å². The highest BCUT2D eigenvalue weighted by molar-refractivity contribution is 5.93. The van der Waals surface area contributed by atoms with Gasteiger partial charge in [-0.1, -0.05) is 20.8 Å². The molecule has 2 rings (SSSR count). The number of carbonyl (C=O) groups excluding carboxylic acids is 1. The van der Waals surface area contributed by atoms with E-state index in [0.29, 0.717) is 6.42 Å². The van der Waals surface area contributed by atoms with Gasteiger partial charge in [0, 0.05) is 19.5 Å². The van der Waals surface area contributed by atoms with Gasteiger partial charge in [0.25, 0.3) is 0 Å². The number of nitrogens with zero attached hydrogens (tertiary/aromatic N) is 1. The number of nitrogens with one attached hydrogen (secondary N) is 1. The molecule has 2 aliphatic rings. The largest absolute Gasteiger partial charge is 0.456 e. The molecule has 1 unspecified atom stereocenters. The highest BCUT2D eigenvalue weighted by Crippen LogP contribution is 2.34. The van der Waals surface area contributed by atoms with E-state index in [1.807, 2.05) is 6.08 Å². The van der Waals surface area contributed by atoms with Crippen molar-refractivity contribution in [3.8, 4) is 0 Å². The van der Waals surface area contributed by atoms with Crippen LogP contribution in [0.25, 0.3) is 0 Å². The second-order valence-electron chi connectivity index (χ2n) is 5.17. The first-order chi connectivity index (χ1) is 9.15. The van der Waals surface area contributed by atoms with E-state index in [0.717, 1.165) is 43.8 Å². The summed E-state index contributed by atoms with van der Waals surface area (Å²) in [6.07, 6.45) is 6.88. The molecular formula is C15H24N2O2. The summed E-state index contributed by atoms with van der Waals surface area (Å²) in [5.74, 6) is 0.447. The van der Waals surface area contributed by atoms with Gasteiger partial charge in [0.15, 0.2) is 5.78 Å². The molecule has 0 aromatic carbocycles. The highest BCUT2D eigenvalue weighted by Gasteiger charge is 2.43. The summed E-state index contributed by atoms with van der Waals surface area (Å²) in [7, 11) is 0. The van der Waals surface area contributed by atoms with Crippen LogP contribution in [-0.2, 0) is 9.53 Å². The van der Waals surface area contributed by atoms with Gasteiger partial charge >= 0.3 is 0 Å². The quantitative estimate of drug-likeness (QED) is 0.800. The molecule has 1 aliphatic carbocycles. The zero-order chi connectivity index (χ0) is 13.9.